The van der Waals surface area contributed by atoms with Crippen LogP contribution in [0.1, 0.15) is 29.8 Å². The number of nitrogen functional groups attached to an aromatic ring is 1. The summed E-state index contributed by atoms with van der Waals surface area (Å²) in [6.45, 7) is 8.87. The molecule has 158 valence electrons. The average Bonchev–Trinajstić information content (AvgIpc) is 3.19. The van der Waals surface area contributed by atoms with E-state index in [0.717, 1.165) is 23.1 Å². The lowest BCUT2D eigenvalue weighted by molar-refractivity contribution is -0.136. The van der Waals surface area contributed by atoms with Gasteiger partial charge in [0.1, 0.15) is 17.2 Å². The monoisotopic (exact) mass is 420 g/mol. The number of hydrogen-bond acceptors (Lipinski definition) is 6. The van der Waals surface area contributed by atoms with Crippen LogP contribution in [0.3, 0.4) is 0 Å². The van der Waals surface area contributed by atoms with Crippen molar-refractivity contribution in [2.45, 2.75) is 37.9 Å². The molecule has 0 radical (unpaired) electrons. The number of rotatable bonds is 6. The number of aliphatic hydroxyl groups excluding tert-OH is 1. The van der Waals surface area contributed by atoms with E-state index in [9.17, 15) is 18.3 Å². The Morgan fingerprint density at radius 1 is 1.37 bits per heavy atom. The molecule has 3 aromatic rings. The molecule has 3 heterocycles. The maximum absolute atomic E-state index is 13.4. The highest BCUT2D eigenvalue weighted by Crippen LogP contribution is 2.42. The van der Waals surface area contributed by atoms with Crippen LogP contribution in [0.25, 0.3) is 10.5 Å². The summed E-state index contributed by atoms with van der Waals surface area (Å²) in [7, 11) is 0. The molecular formula is C18H19F3N8O. The first-order chi connectivity index (χ1) is 14.2. The average molecular weight is 420 g/mol. The third kappa shape index (κ3) is 3.21. The fraction of sp³-hybridized carbons (Fsp3) is 0.444. The largest absolute Gasteiger partial charge is 0.421 e. The van der Waals surface area contributed by atoms with Crippen LogP contribution in [-0.4, -0.2) is 42.6 Å². The predicted octanol–water partition coefficient (Wildman–Crippen LogP) is 2.52. The van der Waals surface area contributed by atoms with Gasteiger partial charge in [-0.25, -0.2) is 14.3 Å². The van der Waals surface area contributed by atoms with Crippen LogP contribution < -0.4 is 11.1 Å². The molecule has 0 spiro atoms. The molecular weight excluding hydrogens is 401 g/mol. The number of anilines is 2. The number of nitrogens with two attached hydrogens (primary N) is 1. The number of alkyl halides is 3. The molecule has 0 saturated heterocycles. The normalized spacial score (nSPS) is 15.3. The number of halogens is 3. The summed E-state index contributed by atoms with van der Waals surface area (Å²) >= 11 is 0. The van der Waals surface area contributed by atoms with Gasteiger partial charge in [0, 0.05) is 19.2 Å². The minimum Gasteiger partial charge on any atom is -0.394 e. The summed E-state index contributed by atoms with van der Waals surface area (Å²) in [4.78, 5) is 7.32. The van der Waals surface area contributed by atoms with Crippen molar-refractivity contribution in [3.8, 4) is 0 Å². The molecule has 1 saturated carbocycles. The highest BCUT2D eigenvalue weighted by Gasteiger charge is 2.44. The zero-order chi connectivity index (χ0) is 21.7. The van der Waals surface area contributed by atoms with Gasteiger partial charge in [-0.1, -0.05) is 0 Å². The Labute approximate surface area is 169 Å². The van der Waals surface area contributed by atoms with Crippen molar-refractivity contribution < 1.29 is 18.3 Å². The molecule has 0 aliphatic heterocycles. The molecule has 9 nitrogen and oxygen atoms in total. The van der Waals surface area contributed by atoms with Crippen LogP contribution >= 0.6 is 0 Å². The summed E-state index contributed by atoms with van der Waals surface area (Å²) in [5.41, 5.74) is 4.56. The fourth-order valence-corrected chi connectivity index (χ4v) is 3.40. The van der Waals surface area contributed by atoms with Crippen molar-refractivity contribution in [3.05, 3.63) is 40.6 Å². The van der Waals surface area contributed by atoms with Gasteiger partial charge in [-0.3, -0.25) is 4.68 Å². The first-order valence-corrected chi connectivity index (χ1v) is 9.23. The van der Waals surface area contributed by atoms with E-state index in [1.165, 1.54) is 6.92 Å². The second kappa shape index (κ2) is 6.88. The Morgan fingerprint density at radius 2 is 2.10 bits per heavy atom. The standard InChI is InChI=1S/C18H19F3N8O/c1-10-12(18(19,20)21)16-25-15(13(23-2)14(22)29(16)26-10)24-7-3-11-4-8-28(27-11)17(9-30)5-6-17/h4,8,30H,3,5-7,9,22H2,1H3,(H,24,25). The molecule has 1 aliphatic rings. The van der Waals surface area contributed by atoms with Gasteiger partial charge in [0.25, 0.3) is 5.69 Å². The maximum Gasteiger partial charge on any atom is 0.421 e. The number of fused-ring (bicyclic) bond motifs is 1. The van der Waals surface area contributed by atoms with Crippen LogP contribution in [0.5, 0.6) is 0 Å². The van der Waals surface area contributed by atoms with Gasteiger partial charge >= 0.3 is 6.18 Å². The van der Waals surface area contributed by atoms with Gasteiger partial charge in [-0.05, 0) is 25.8 Å². The van der Waals surface area contributed by atoms with Crippen molar-refractivity contribution >= 4 is 23.0 Å². The number of aryl methyl sites for hydroxylation is 1. The SMILES string of the molecule is [C-]#[N+]c1c(NCCc2ccn(C3(CO)CC3)n2)nc2c(C(F)(F)F)c(C)nn2c1N. The number of nitrogens with one attached hydrogen (secondary N) is 1. The van der Waals surface area contributed by atoms with E-state index < -0.39 is 17.4 Å². The Kier molecular flexibility index (Phi) is 4.58. The fourth-order valence-electron chi connectivity index (χ4n) is 3.40. The highest BCUT2D eigenvalue weighted by atomic mass is 19.4. The van der Waals surface area contributed by atoms with E-state index in [4.69, 9.17) is 12.3 Å². The topological polar surface area (TPSA) is 111 Å². The maximum atomic E-state index is 13.4. The van der Waals surface area contributed by atoms with Gasteiger partial charge in [-0.15, -0.1) is 0 Å². The highest BCUT2D eigenvalue weighted by molar-refractivity contribution is 5.80. The van der Waals surface area contributed by atoms with Crippen molar-refractivity contribution in [1.29, 1.82) is 0 Å². The molecule has 3 aromatic heterocycles. The van der Waals surface area contributed by atoms with Crippen LogP contribution in [-0.2, 0) is 18.1 Å². The molecule has 0 amide bonds. The lowest BCUT2D eigenvalue weighted by atomic mass is 10.2. The molecule has 4 rings (SSSR count). The number of aliphatic hydroxyl groups is 1. The van der Waals surface area contributed by atoms with Crippen LogP contribution in [0, 0.1) is 13.5 Å². The second-order valence-electron chi connectivity index (χ2n) is 7.31. The Balaban J connectivity index is 1.59. The molecule has 0 bridgehead atoms. The molecule has 30 heavy (non-hydrogen) atoms. The molecule has 0 aromatic carbocycles. The Bertz CT molecular complexity index is 1150. The minimum atomic E-state index is -4.65. The lowest BCUT2D eigenvalue weighted by Crippen LogP contribution is -2.22. The van der Waals surface area contributed by atoms with E-state index in [2.05, 4.69) is 25.3 Å². The van der Waals surface area contributed by atoms with Gasteiger partial charge in [0.2, 0.25) is 0 Å². The number of nitrogens with zero attached hydrogens (tertiary/aromatic N) is 6. The zero-order valence-corrected chi connectivity index (χ0v) is 16.0. The second-order valence-corrected chi connectivity index (χ2v) is 7.31. The first-order valence-electron chi connectivity index (χ1n) is 9.23. The smallest absolute Gasteiger partial charge is 0.394 e. The van der Waals surface area contributed by atoms with E-state index in [0.29, 0.717) is 6.42 Å². The quantitative estimate of drug-likeness (QED) is 0.529. The summed E-state index contributed by atoms with van der Waals surface area (Å²) in [5.74, 6) is -0.243. The Morgan fingerprint density at radius 3 is 2.70 bits per heavy atom. The first kappa shape index (κ1) is 20.0. The summed E-state index contributed by atoms with van der Waals surface area (Å²) < 4.78 is 42.9. The summed E-state index contributed by atoms with van der Waals surface area (Å²) in [6.07, 6.45) is -0.667. The number of hydrogen-bond donors (Lipinski definition) is 3. The van der Waals surface area contributed by atoms with Gasteiger partial charge in [0.15, 0.2) is 5.65 Å². The van der Waals surface area contributed by atoms with Gasteiger partial charge in [-0.2, -0.15) is 23.4 Å². The molecule has 1 fully saturated rings. The van der Waals surface area contributed by atoms with E-state index in [-0.39, 0.29) is 41.7 Å². The summed E-state index contributed by atoms with van der Waals surface area (Å²) in [5, 5.41) is 20.6. The van der Waals surface area contributed by atoms with Crippen molar-refractivity contribution in [1.82, 2.24) is 24.4 Å². The number of aromatic nitrogens is 5. The van der Waals surface area contributed by atoms with Crippen LogP contribution in [0.4, 0.5) is 30.5 Å². The van der Waals surface area contributed by atoms with E-state index in [1.54, 1.807) is 10.9 Å². The van der Waals surface area contributed by atoms with Crippen LogP contribution in [0.15, 0.2) is 12.3 Å². The van der Waals surface area contributed by atoms with Crippen molar-refractivity contribution in [3.63, 3.8) is 0 Å². The third-order valence-electron chi connectivity index (χ3n) is 5.27. The zero-order valence-electron chi connectivity index (χ0n) is 16.0. The molecule has 12 heteroatoms. The van der Waals surface area contributed by atoms with Crippen molar-refractivity contribution in [2.24, 2.45) is 0 Å². The predicted molar refractivity (Wildman–Crippen MR) is 102 cm³/mol. The molecule has 1 aliphatic carbocycles. The lowest BCUT2D eigenvalue weighted by Gasteiger charge is -2.12. The van der Waals surface area contributed by atoms with Crippen molar-refractivity contribution in [2.75, 3.05) is 24.2 Å². The van der Waals surface area contributed by atoms with E-state index >= 15 is 0 Å². The molecule has 0 atom stereocenters. The van der Waals surface area contributed by atoms with E-state index in [1.807, 2.05) is 6.07 Å². The molecule has 0 unspecified atom stereocenters. The van der Waals surface area contributed by atoms with Gasteiger partial charge in [0.05, 0.1) is 30.1 Å². The Hall–Kier alpha value is -3.33. The van der Waals surface area contributed by atoms with Gasteiger partial charge < -0.3 is 16.2 Å². The minimum absolute atomic E-state index is 0.0241. The molecule has 4 N–H and O–H groups in total. The van der Waals surface area contributed by atoms with Crippen LogP contribution in [0.2, 0.25) is 0 Å². The third-order valence-corrected chi connectivity index (χ3v) is 5.27. The summed E-state index contributed by atoms with van der Waals surface area (Å²) in [6, 6.07) is 1.82.